The van der Waals surface area contributed by atoms with Gasteiger partial charge in [0.1, 0.15) is 54.4 Å². The van der Waals surface area contributed by atoms with Crippen LogP contribution in [0.4, 0.5) is 40.8 Å². The SMILES string of the molecule is CN(CC(O)[C@@H](O)[C@H](O)C(O)CO)C(=O)CCOCCOCCOc1ccc(CN2C(=O)C(C(=O)Nc3ccc(C(F)(F)F)cc3-c3cc(C(F)(F)F)ncn3)=C(O)C3(CCCC3)N2C)c(F)c1F. The molecule has 26 heteroatoms. The van der Waals surface area contributed by atoms with Gasteiger partial charge in [0.05, 0.1) is 68.5 Å². The number of benzene rings is 2. The van der Waals surface area contributed by atoms with E-state index in [1.54, 1.807) is 0 Å². The topological polar surface area (TPSA) is 248 Å². The van der Waals surface area contributed by atoms with Gasteiger partial charge in [-0.3, -0.25) is 19.4 Å². The van der Waals surface area contributed by atoms with Crippen molar-refractivity contribution in [2.24, 2.45) is 0 Å². The third-order valence-electron chi connectivity index (χ3n) is 11.6. The lowest BCUT2D eigenvalue weighted by atomic mass is 9.88. The molecule has 1 aliphatic heterocycles. The Balaban J connectivity index is 1.19. The largest absolute Gasteiger partial charge is 0.509 e. The zero-order chi connectivity index (χ0) is 51.0. The van der Waals surface area contributed by atoms with Gasteiger partial charge in [-0.15, -0.1) is 0 Å². The first kappa shape index (κ1) is 54.3. The zero-order valence-electron chi connectivity index (χ0n) is 36.9. The van der Waals surface area contributed by atoms with E-state index in [0.717, 1.165) is 28.1 Å². The molecule has 1 aliphatic carbocycles. The van der Waals surface area contributed by atoms with Gasteiger partial charge in [0.15, 0.2) is 11.6 Å². The average Bonchev–Trinajstić information content (AvgIpc) is 3.81. The molecular formula is C43H50F8N6O12. The number of anilines is 1. The minimum atomic E-state index is -5.03. The second kappa shape index (κ2) is 22.9. The first-order chi connectivity index (χ1) is 32.4. The molecule has 2 aliphatic rings. The van der Waals surface area contributed by atoms with Gasteiger partial charge in [-0.25, -0.2) is 19.4 Å². The summed E-state index contributed by atoms with van der Waals surface area (Å²) < 4.78 is 129. The number of carbonyl (C=O) groups excluding carboxylic acids is 3. The second-order valence-corrected chi connectivity index (χ2v) is 16.1. The number of halogens is 8. The van der Waals surface area contributed by atoms with E-state index >= 15 is 8.78 Å². The molecule has 3 amide bonds. The third kappa shape index (κ3) is 12.8. The Bertz CT molecular complexity index is 2330. The monoisotopic (exact) mass is 994 g/mol. The lowest BCUT2D eigenvalue weighted by molar-refractivity contribution is -0.163. The van der Waals surface area contributed by atoms with Gasteiger partial charge >= 0.3 is 12.4 Å². The van der Waals surface area contributed by atoms with Gasteiger partial charge in [0.2, 0.25) is 11.7 Å². The molecule has 380 valence electrons. The highest BCUT2D eigenvalue weighted by Gasteiger charge is 2.53. The molecule has 4 atom stereocenters. The van der Waals surface area contributed by atoms with Crippen LogP contribution >= 0.6 is 0 Å². The van der Waals surface area contributed by atoms with E-state index in [2.05, 4.69) is 15.3 Å². The maximum absolute atomic E-state index is 15.7. The number of alkyl halides is 6. The summed E-state index contributed by atoms with van der Waals surface area (Å²) in [6, 6.07) is 4.26. The Hall–Kier alpha value is -5.61. The van der Waals surface area contributed by atoms with Crippen LogP contribution in [0.5, 0.6) is 5.75 Å². The van der Waals surface area contributed by atoms with E-state index in [9.17, 15) is 66.3 Å². The molecule has 7 N–H and O–H groups in total. The van der Waals surface area contributed by atoms with Gasteiger partial charge in [0, 0.05) is 31.8 Å². The number of amides is 3. The van der Waals surface area contributed by atoms with Gasteiger partial charge in [-0.2, -0.15) is 30.7 Å². The molecule has 2 unspecified atom stereocenters. The van der Waals surface area contributed by atoms with E-state index in [1.165, 1.54) is 19.1 Å². The zero-order valence-corrected chi connectivity index (χ0v) is 36.9. The van der Waals surface area contributed by atoms with Crippen LogP contribution in [0.15, 0.2) is 54.1 Å². The Kier molecular flexibility index (Phi) is 18.0. The second-order valence-electron chi connectivity index (χ2n) is 16.1. The number of carbonyl (C=O) groups is 3. The predicted octanol–water partition coefficient (Wildman–Crippen LogP) is 3.11. The Morgan fingerprint density at radius 3 is 2.14 bits per heavy atom. The number of nitrogens with one attached hydrogen (secondary N) is 1. The van der Waals surface area contributed by atoms with Crippen LogP contribution < -0.4 is 10.1 Å². The van der Waals surface area contributed by atoms with E-state index < -0.39 is 142 Å². The van der Waals surface area contributed by atoms with Crippen LogP contribution in [-0.2, 0) is 42.8 Å². The Labute approximate surface area is 388 Å². The minimum absolute atomic E-state index is 0.00170. The summed E-state index contributed by atoms with van der Waals surface area (Å²) in [5, 5.41) is 64.0. The molecule has 0 radical (unpaired) electrons. The molecule has 1 saturated carbocycles. The number of nitrogens with zero attached hydrogens (tertiary/aromatic N) is 5. The number of aliphatic hydroxyl groups is 6. The molecule has 1 aromatic heterocycles. The maximum atomic E-state index is 15.7. The number of ether oxygens (including phenoxy) is 3. The van der Waals surface area contributed by atoms with E-state index in [1.807, 2.05) is 0 Å². The minimum Gasteiger partial charge on any atom is -0.509 e. The highest BCUT2D eigenvalue weighted by atomic mass is 19.4. The fraction of sp³-hybridized carbons (Fsp3) is 0.512. The van der Waals surface area contributed by atoms with Gasteiger partial charge < -0.3 is 55.1 Å². The number of aromatic nitrogens is 2. The van der Waals surface area contributed by atoms with E-state index in [0.29, 0.717) is 37.4 Å². The van der Waals surface area contributed by atoms with Crippen molar-refractivity contribution in [3.63, 3.8) is 0 Å². The van der Waals surface area contributed by atoms with Crippen molar-refractivity contribution >= 4 is 23.4 Å². The van der Waals surface area contributed by atoms with Crippen molar-refractivity contribution in [1.29, 1.82) is 0 Å². The molecule has 2 aromatic carbocycles. The third-order valence-corrected chi connectivity index (χ3v) is 11.6. The number of likely N-dealkylation sites (N-methyl/N-ethyl adjacent to an activating group) is 2. The van der Waals surface area contributed by atoms with Crippen LogP contribution in [-0.4, -0.2) is 163 Å². The lowest BCUT2D eigenvalue weighted by Crippen LogP contribution is -2.62. The van der Waals surface area contributed by atoms with Crippen molar-refractivity contribution in [3.8, 4) is 17.0 Å². The van der Waals surface area contributed by atoms with Gasteiger partial charge in [-0.05, 0) is 43.2 Å². The van der Waals surface area contributed by atoms with Gasteiger partial charge in [0.25, 0.3) is 11.8 Å². The molecule has 2 heterocycles. The van der Waals surface area contributed by atoms with Crippen LogP contribution in [0.1, 0.15) is 48.9 Å². The smallest absolute Gasteiger partial charge is 0.433 e. The van der Waals surface area contributed by atoms with Crippen molar-refractivity contribution < 1.29 is 94.4 Å². The van der Waals surface area contributed by atoms with Crippen LogP contribution in [0.25, 0.3) is 11.3 Å². The first-order valence-electron chi connectivity index (χ1n) is 21.2. The summed E-state index contributed by atoms with van der Waals surface area (Å²) in [6.07, 6.45) is -15.4. The quantitative estimate of drug-likeness (QED) is 0.0461. The maximum Gasteiger partial charge on any atom is 0.433 e. The summed E-state index contributed by atoms with van der Waals surface area (Å²) >= 11 is 0. The number of rotatable bonds is 21. The number of hydrogen-bond acceptors (Lipinski definition) is 15. The number of hydrazine groups is 1. The molecule has 5 rings (SSSR count). The highest BCUT2D eigenvalue weighted by molar-refractivity contribution is 6.24. The van der Waals surface area contributed by atoms with E-state index in [-0.39, 0.29) is 52.3 Å². The number of aliphatic hydroxyl groups excluding tert-OH is 6. The normalized spacial score (nSPS) is 17.3. The summed E-state index contributed by atoms with van der Waals surface area (Å²) in [6.45, 7) is -2.41. The number of hydrogen-bond donors (Lipinski definition) is 7. The molecular weight excluding hydrogens is 944 g/mol. The molecule has 3 aromatic rings. The average molecular weight is 995 g/mol. The lowest BCUT2D eigenvalue weighted by Gasteiger charge is -2.48. The summed E-state index contributed by atoms with van der Waals surface area (Å²) in [5.41, 5.74) is -7.38. The van der Waals surface area contributed by atoms with Crippen molar-refractivity contribution in [1.82, 2.24) is 24.9 Å². The van der Waals surface area contributed by atoms with Gasteiger partial charge in [-0.1, -0.05) is 18.9 Å². The Morgan fingerprint density at radius 1 is 0.870 bits per heavy atom. The molecule has 0 bridgehead atoms. The standard InChI is InChI=1S/C43H50F8N6O12/c1-55(20-28(59)36(62)37(63)29(60)21-58)32(61)9-12-67-13-14-68-15-16-69-30-8-5-23(34(44)35(30)45)19-57-40(66)33(38(64)41(56(57)2)10-3-4-11-41)39(65)54-26-7-6-24(42(46,47)48)17-25(26)27-18-31(43(49,50)51)53-22-52-27/h5-8,17-18,22,28-29,36-37,58-60,62-64H,3-4,9-16,19-21H2,1-2H3,(H,54,65)/t28?,29?,36-,37-/m1/s1. The van der Waals surface area contributed by atoms with Crippen molar-refractivity contribution in [2.45, 2.75) is 81.0 Å². The summed E-state index contributed by atoms with van der Waals surface area (Å²) in [4.78, 5) is 48.3. The molecule has 18 nitrogen and oxygen atoms in total. The fourth-order valence-electron chi connectivity index (χ4n) is 7.68. The fourth-order valence-corrected chi connectivity index (χ4v) is 7.68. The molecule has 0 saturated heterocycles. The van der Waals surface area contributed by atoms with Crippen molar-refractivity contribution in [3.05, 3.63) is 82.5 Å². The molecule has 1 spiro atoms. The molecule has 69 heavy (non-hydrogen) atoms. The van der Waals surface area contributed by atoms with Crippen molar-refractivity contribution in [2.75, 3.05) is 65.6 Å². The van der Waals surface area contributed by atoms with Crippen LogP contribution in [0.3, 0.4) is 0 Å². The Morgan fingerprint density at radius 2 is 1.51 bits per heavy atom. The summed E-state index contributed by atoms with van der Waals surface area (Å²) in [7, 11) is 2.71. The summed E-state index contributed by atoms with van der Waals surface area (Å²) in [5.74, 6) is -7.22. The molecule has 1 fully saturated rings. The van der Waals surface area contributed by atoms with E-state index in [4.69, 9.17) is 19.3 Å². The van der Waals surface area contributed by atoms with Crippen LogP contribution in [0, 0.1) is 11.6 Å². The predicted molar refractivity (Wildman–Crippen MR) is 222 cm³/mol. The first-order valence-corrected chi connectivity index (χ1v) is 21.2. The highest BCUT2D eigenvalue weighted by Crippen LogP contribution is 2.45. The van der Waals surface area contributed by atoms with Crippen LogP contribution in [0.2, 0.25) is 0 Å².